The molecule has 0 saturated carbocycles. The minimum atomic E-state index is -0.705. The molecule has 2 heterocycles. The number of furan rings is 1. The average Bonchev–Trinajstić information content (AvgIpc) is 3.37. The molecular weight excluding hydrogens is 346 g/mol. The SMILES string of the molecule is C[C@H](NC(=O)c1ccoc1)C(=O)Nc1ccc(CC(=O)N2CCCC2)cc1. The van der Waals surface area contributed by atoms with Crippen molar-refractivity contribution in [3.05, 3.63) is 54.0 Å². The van der Waals surface area contributed by atoms with Gasteiger partial charge in [-0.05, 0) is 43.5 Å². The number of likely N-dealkylation sites (tertiary alicyclic amines) is 1. The Kier molecular flexibility index (Phi) is 5.90. The standard InChI is InChI=1S/C20H23N3O4/c1-14(21-20(26)16-8-11-27-13-16)19(25)22-17-6-4-15(5-7-17)12-18(24)23-9-2-3-10-23/h4-8,11,13-14H,2-3,9-10,12H2,1H3,(H,21,26)(H,22,25)/t14-/m0/s1. The summed E-state index contributed by atoms with van der Waals surface area (Å²) in [6.07, 6.45) is 5.24. The van der Waals surface area contributed by atoms with Crippen molar-refractivity contribution in [2.75, 3.05) is 18.4 Å². The average molecular weight is 369 g/mol. The number of benzene rings is 1. The third-order valence-corrected chi connectivity index (χ3v) is 4.56. The first kappa shape index (κ1) is 18.7. The fourth-order valence-corrected chi connectivity index (χ4v) is 2.95. The maximum atomic E-state index is 12.2. The largest absolute Gasteiger partial charge is 0.472 e. The van der Waals surface area contributed by atoms with E-state index in [1.165, 1.54) is 18.6 Å². The second-order valence-electron chi connectivity index (χ2n) is 6.66. The zero-order chi connectivity index (χ0) is 19.2. The molecule has 0 radical (unpaired) electrons. The zero-order valence-corrected chi connectivity index (χ0v) is 15.2. The van der Waals surface area contributed by atoms with Gasteiger partial charge in [0.2, 0.25) is 11.8 Å². The van der Waals surface area contributed by atoms with E-state index in [0.717, 1.165) is 31.5 Å². The molecule has 1 fully saturated rings. The Bertz CT molecular complexity index is 793. The predicted octanol–water partition coefficient (Wildman–Crippen LogP) is 2.20. The minimum absolute atomic E-state index is 0.139. The summed E-state index contributed by atoms with van der Waals surface area (Å²) in [5.74, 6) is -0.560. The molecule has 1 aromatic carbocycles. The summed E-state index contributed by atoms with van der Waals surface area (Å²) in [6.45, 7) is 3.29. The smallest absolute Gasteiger partial charge is 0.255 e. The molecule has 0 aliphatic carbocycles. The molecule has 1 aromatic heterocycles. The lowest BCUT2D eigenvalue weighted by Gasteiger charge is -2.16. The highest BCUT2D eigenvalue weighted by Crippen LogP contribution is 2.14. The number of carbonyl (C=O) groups is 3. The zero-order valence-electron chi connectivity index (χ0n) is 15.2. The summed E-state index contributed by atoms with van der Waals surface area (Å²) in [6, 6.07) is 8.01. The fraction of sp³-hybridized carbons (Fsp3) is 0.350. The number of nitrogens with one attached hydrogen (secondary N) is 2. The molecule has 0 unspecified atom stereocenters. The van der Waals surface area contributed by atoms with Crippen LogP contribution in [0, 0.1) is 0 Å². The van der Waals surface area contributed by atoms with Gasteiger partial charge in [-0.15, -0.1) is 0 Å². The number of hydrogen-bond acceptors (Lipinski definition) is 4. The molecule has 2 N–H and O–H groups in total. The monoisotopic (exact) mass is 369 g/mol. The van der Waals surface area contributed by atoms with Crippen LogP contribution in [-0.4, -0.2) is 41.8 Å². The van der Waals surface area contributed by atoms with E-state index >= 15 is 0 Å². The number of hydrogen-bond donors (Lipinski definition) is 2. The Morgan fingerprint density at radius 3 is 2.44 bits per heavy atom. The van der Waals surface area contributed by atoms with Crippen molar-refractivity contribution >= 4 is 23.4 Å². The van der Waals surface area contributed by atoms with E-state index in [2.05, 4.69) is 10.6 Å². The van der Waals surface area contributed by atoms with Gasteiger partial charge in [-0.25, -0.2) is 0 Å². The first-order valence-electron chi connectivity index (χ1n) is 9.03. The summed E-state index contributed by atoms with van der Waals surface area (Å²) >= 11 is 0. The second-order valence-corrected chi connectivity index (χ2v) is 6.66. The van der Waals surface area contributed by atoms with Gasteiger partial charge >= 0.3 is 0 Å². The van der Waals surface area contributed by atoms with Gasteiger partial charge in [0.05, 0.1) is 18.2 Å². The Morgan fingerprint density at radius 1 is 1.11 bits per heavy atom. The molecule has 1 saturated heterocycles. The van der Waals surface area contributed by atoms with E-state index in [4.69, 9.17) is 4.42 Å². The molecular formula is C20H23N3O4. The van der Waals surface area contributed by atoms with Crippen molar-refractivity contribution in [3.63, 3.8) is 0 Å². The van der Waals surface area contributed by atoms with Crippen LogP contribution in [0.4, 0.5) is 5.69 Å². The first-order chi connectivity index (χ1) is 13.0. The normalized spacial score (nSPS) is 14.6. The molecule has 3 amide bonds. The van der Waals surface area contributed by atoms with Gasteiger partial charge < -0.3 is 20.0 Å². The number of carbonyl (C=O) groups excluding carboxylic acids is 3. The van der Waals surface area contributed by atoms with Crippen LogP contribution in [0.25, 0.3) is 0 Å². The molecule has 2 aromatic rings. The van der Waals surface area contributed by atoms with Crippen molar-refractivity contribution < 1.29 is 18.8 Å². The molecule has 7 nitrogen and oxygen atoms in total. The molecule has 142 valence electrons. The molecule has 27 heavy (non-hydrogen) atoms. The molecule has 7 heteroatoms. The van der Waals surface area contributed by atoms with Gasteiger partial charge in [0.15, 0.2) is 0 Å². The lowest BCUT2D eigenvalue weighted by atomic mass is 10.1. The molecule has 1 aliphatic heterocycles. The van der Waals surface area contributed by atoms with E-state index in [1.54, 1.807) is 19.1 Å². The Morgan fingerprint density at radius 2 is 1.81 bits per heavy atom. The van der Waals surface area contributed by atoms with Crippen LogP contribution in [0.2, 0.25) is 0 Å². The summed E-state index contributed by atoms with van der Waals surface area (Å²) in [5, 5.41) is 5.37. The first-order valence-corrected chi connectivity index (χ1v) is 9.03. The van der Waals surface area contributed by atoms with Gasteiger partial charge in [-0.3, -0.25) is 14.4 Å². The Balaban J connectivity index is 1.50. The quantitative estimate of drug-likeness (QED) is 0.817. The molecule has 1 atom stereocenters. The maximum Gasteiger partial charge on any atom is 0.255 e. The van der Waals surface area contributed by atoms with Crippen molar-refractivity contribution in [2.45, 2.75) is 32.2 Å². The highest BCUT2D eigenvalue weighted by Gasteiger charge is 2.19. The van der Waals surface area contributed by atoms with Crippen LogP contribution >= 0.6 is 0 Å². The lowest BCUT2D eigenvalue weighted by Crippen LogP contribution is -2.41. The van der Waals surface area contributed by atoms with Crippen molar-refractivity contribution in [2.24, 2.45) is 0 Å². The summed E-state index contributed by atoms with van der Waals surface area (Å²) in [7, 11) is 0. The van der Waals surface area contributed by atoms with Gasteiger partial charge in [0.1, 0.15) is 12.3 Å². The van der Waals surface area contributed by atoms with Crippen LogP contribution < -0.4 is 10.6 Å². The number of nitrogens with zero attached hydrogens (tertiary/aromatic N) is 1. The lowest BCUT2D eigenvalue weighted by molar-refractivity contribution is -0.129. The number of amides is 3. The third kappa shape index (κ3) is 4.97. The van der Waals surface area contributed by atoms with Crippen LogP contribution in [0.5, 0.6) is 0 Å². The van der Waals surface area contributed by atoms with E-state index < -0.39 is 6.04 Å². The Hall–Kier alpha value is -3.09. The summed E-state index contributed by atoms with van der Waals surface area (Å²) in [4.78, 5) is 38.3. The summed E-state index contributed by atoms with van der Waals surface area (Å²) in [5.41, 5.74) is 1.88. The van der Waals surface area contributed by atoms with Crippen molar-refractivity contribution in [1.82, 2.24) is 10.2 Å². The van der Waals surface area contributed by atoms with Crippen molar-refractivity contribution in [3.8, 4) is 0 Å². The van der Waals surface area contributed by atoms with Crippen molar-refractivity contribution in [1.29, 1.82) is 0 Å². The summed E-state index contributed by atoms with van der Waals surface area (Å²) < 4.78 is 4.86. The molecule has 0 bridgehead atoms. The number of rotatable bonds is 6. The highest BCUT2D eigenvalue weighted by atomic mass is 16.3. The van der Waals surface area contributed by atoms with E-state index in [-0.39, 0.29) is 17.7 Å². The third-order valence-electron chi connectivity index (χ3n) is 4.56. The fourth-order valence-electron chi connectivity index (χ4n) is 2.95. The van der Waals surface area contributed by atoms with Crippen LogP contribution in [0.3, 0.4) is 0 Å². The van der Waals surface area contributed by atoms with Gasteiger partial charge in [0, 0.05) is 18.8 Å². The number of anilines is 1. The highest BCUT2D eigenvalue weighted by molar-refractivity contribution is 6.00. The molecule has 0 spiro atoms. The molecule has 1 aliphatic rings. The Labute approximate surface area is 157 Å². The topological polar surface area (TPSA) is 91.6 Å². The minimum Gasteiger partial charge on any atom is -0.472 e. The van der Waals surface area contributed by atoms with E-state index in [9.17, 15) is 14.4 Å². The predicted molar refractivity (Wildman–Crippen MR) is 100 cm³/mol. The second kappa shape index (κ2) is 8.53. The van der Waals surface area contributed by atoms with E-state index in [0.29, 0.717) is 17.7 Å². The van der Waals surface area contributed by atoms with Gasteiger partial charge in [-0.1, -0.05) is 12.1 Å². The van der Waals surface area contributed by atoms with Gasteiger partial charge in [-0.2, -0.15) is 0 Å². The van der Waals surface area contributed by atoms with E-state index in [1.807, 2.05) is 17.0 Å². The molecule has 3 rings (SSSR count). The van der Waals surface area contributed by atoms with Crippen LogP contribution in [0.1, 0.15) is 35.7 Å². The maximum absolute atomic E-state index is 12.2. The van der Waals surface area contributed by atoms with Gasteiger partial charge in [0.25, 0.3) is 5.91 Å². The van der Waals surface area contributed by atoms with Crippen LogP contribution in [0.15, 0.2) is 47.3 Å². The van der Waals surface area contributed by atoms with Crippen LogP contribution in [-0.2, 0) is 16.0 Å².